The molecule has 1 atom stereocenters. The fourth-order valence-corrected chi connectivity index (χ4v) is 2.35. The Hall–Kier alpha value is -1.35. The van der Waals surface area contributed by atoms with Crippen LogP contribution in [-0.2, 0) is 6.42 Å². The lowest BCUT2D eigenvalue weighted by Crippen LogP contribution is -2.18. The molecule has 1 heterocycles. The number of nitrogens with zero attached hydrogens (tertiary/aromatic N) is 1. The maximum atomic E-state index is 5.82. The monoisotopic (exact) mass is 246 g/mol. The first kappa shape index (κ1) is 13.1. The lowest BCUT2D eigenvalue weighted by Gasteiger charge is -2.14. The SMILES string of the molecule is Cc1ccc2oc(CC(CN)CC(C)C)nc2c1. The summed E-state index contributed by atoms with van der Waals surface area (Å²) >= 11 is 0. The summed E-state index contributed by atoms with van der Waals surface area (Å²) < 4.78 is 5.77. The fraction of sp³-hybridized carbons (Fsp3) is 0.533. The summed E-state index contributed by atoms with van der Waals surface area (Å²) in [4.78, 5) is 4.55. The average Bonchev–Trinajstić information content (AvgIpc) is 2.68. The van der Waals surface area contributed by atoms with Gasteiger partial charge < -0.3 is 10.2 Å². The van der Waals surface area contributed by atoms with Gasteiger partial charge in [0.25, 0.3) is 0 Å². The van der Waals surface area contributed by atoms with Gasteiger partial charge in [0.1, 0.15) is 5.52 Å². The Morgan fingerprint density at radius 3 is 2.78 bits per heavy atom. The molecule has 3 heteroatoms. The van der Waals surface area contributed by atoms with Crippen molar-refractivity contribution in [2.75, 3.05) is 6.54 Å². The third-order valence-electron chi connectivity index (χ3n) is 3.19. The number of aryl methyl sites for hydroxylation is 1. The lowest BCUT2D eigenvalue weighted by atomic mass is 9.94. The van der Waals surface area contributed by atoms with Gasteiger partial charge in [0.15, 0.2) is 11.5 Å². The molecule has 0 spiro atoms. The lowest BCUT2D eigenvalue weighted by molar-refractivity contribution is 0.380. The molecule has 3 nitrogen and oxygen atoms in total. The van der Waals surface area contributed by atoms with Crippen LogP contribution in [0.4, 0.5) is 0 Å². The largest absolute Gasteiger partial charge is 0.441 e. The zero-order valence-electron chi connectivity index (χ0n) is 11.4. The van der Waals surface area contributed by atoms with E-state index >= 15 is 0 Å². The highest BCUT2D eigenvalue weighted by Crippen LogP contribution is 2.21. The highest BCUT2D eigenvalue weighted by Gasteiger charge is 2.14. The van der Waals surface area contributed by atoms with E-state index in [9.17, 15) is 0 Å². The van der Waals surface area contributed by atoms with Gasteiger partial charge in [-0.2, -0.15) is 0 Å². The van der Waals surface area contributed by atoms with Crippen molar-refractivity contribution in [1.82, 2.24) is 4.98 Å². The Balaban J connectivity index is 2.15. The molecule has 1 aromatic heterocycles. The predicted octanol–water partition coefficient (Wildman–Crippen LogP) is 3.30. The van der Waals surface area contributed by atoms with Crippen LogP contribution in [0.3, 0.4) is 0 Å². The second kappa shape index (κ2) is 5.53. The van der Waals surface area contributed by atoms with Crippen LogP contribution in [-0.4, -0.2) is 11.5 Å². The molecule has 1 unspecified atom stereocenters. The van der Waals surface area contributed by atoms with Gasteiger partial charge in [-0.15, -0.1) is 0 Å². The molecule has 0 aliphatic heterocycles. The van der Waals surface area contributed by atoms with E-state index in [4.69, 9.17) is 10.2 Å². The van der Waals surface area contributed by atoms with E-state index in [0.717, 1.165) is 29.8 Å². The number of hydrogen-bond acceptors (Lipinski definition) is 3. The minimum Gasteiger partial charge on any atom is -0.441 e. The van der Waals surface area contributed by atoms with Crippen molar-refractivity contribution < 1.29 is 4.42 Å². The Kier molecular flexibility index (Phi) is 4.02. The van der Waals surface area contributed by atoms with Crippen LogP contribution in [0, 0.1) is 18.8 Å². The number of aromatic nitrogens is 1. The summed E-state index contributed by atoms with van der Waals surface area (Å²) in [6.45, 7) is 7.20. The summed E-state index contributed by atoms with van der Waals surface area (Å²) in [5.41, 5.74) is 8.85. The smallest absolute Gasteiger partial charge is 0.195 e. The zero-order chi connectivity index (χ0) is 13.1. The molecule has 2 aromatic rings. The molecule has 0 bridgehead atoms. The van der Waals surface area contributed by atoms with E-state index in [0.29, 0.717) is 18.4 Å². The summed E-state index contributed by atoms with van der Waals surface area (Å²) in [6, 6.07) is 6.09. The van der Waals surface area contributed by atoms with Crippen LogP contribution in [0.15, 0.2) is 22.6 Å². The molecule has 2 rings (SSSR count). The van der Waals surface area contributed by atoms with Crippen LogP contribution in [0.5, 0.6) is 0 Å². The van der Waals surface area contributed by atoms with Crippen molar-refractivity contribution in [3.8, 4) is 0 Å². The molecular formula is C15H22N2O. The van der Waals surface area contributed by atoms with Gasteiger partial charge in [-0.05, 0) is 49.4 Å². The molecule has 98 valence electrons. The normalized spacial score (nSPS) is 13.4. The Morgan fingerprint density at radius 2 is 2.11 bits per heavy atom. The van der Waals surface area contributed by atoms with Crippen LogP contribution in [0.2, 0.25) is 0 Å². The molecule has 0 radical (unpaired) electrons. The first-order valence-corrected chi connectivity index (χ1v) is 6.64. The van der Waals surface area contributed by atoms with Crippen molar-refractivity contribution in [3.05, 3.63) is 29.7 Å². The third-order valence-corrected chi connectivity index (χ3v) is 3.19. The van der Waals surface area contributed by atoms with Gasteiger partial charge in [-0.1, -0.05) is 19.9 Å². The molecule has 18 heavy (non-hydrogen) atoms. The fourth-order valence-electron chi connectivity index (χ4n) is 2.35. The topological polar surface area (TPSA) is 52.0 Å². The van der Waals surface area contributed by atoms with Crippen LogP contribution < -0.4 is 5.73 Å². The predicted molar refractivity (Wildman–Crippen MR) is 74.4 cm³/mol. The van der Waals surface area contributed by atoms with Crippen molar-refractivity contribution in [1.29, 1.82) is 0 Å². The van der Waals surface area contributed by atoms with Gasteiger partial charge in [0.05, 0.1) is 0 Å². The standard InChI is InChI=1S/C15H22N2O/c1-10(2)6-12(9-16)8-15-17-13-7-11(3)4-5-14(13)18-15/h4-5,7,10,12H,6,8-9,16H2,1-3H3. The second-order valence-corrected chi connectivity index (χ2v) is 5.51. The Morgan fingerprint density at radius 1 is 1.33 bits per heavy atom. The van der Waals surface area contributed by atoms with E-state index in [-0.39, 0.29) is 0 Å². The van der Waals surface area contributed by atoms with Crippen LogP contribution in [0.25, 0.3) is 11.1 Å². The van der Waals surface area contributed by atoms with Gasteiger partial charge in [0, 0.05) is 6.42 Å². The zero-order valence-corrected chi connectivity index (χ0v) is 11.4. The van der Waals surface area contributed by atoms with Crippen molar-refractivity contribution in [2.45, 2.75) is 33.6 Å². The van der Waals surface area contributed by atoms with Gasteiger partial charge in [-0.3, -0.25) is 0 Å². The quantitative estimate of drug-likeness (QED) is 0.880. The van der Waals surface area contributed by atoms with E-state index in [1.165, 1.54) is 5.56 Å². The molecular weight excluding hydrogens is 224 g/mol. The minimum atomic E-state index is 0.458. The second-order valence-electron chi connectivity index (χ2n) is 5.51. The third kappa shape index (κ3) is 3.10. The van der Waals surface area contributed by atoms with Gasteiger partial charge in [-0.25, -0.2) is 4.98 Å². The first-order valence-electron chi connectivity index (χ1n) is 6.64. The van der Waals surface area contributed by atoms with Crippen LogP contribution in [0.1, 0.15) is 31.7 Å². The summed E-state index contributed by atoms with van der Waals surface area (Å²) in [6.07, 6.45) is 1.96. The maximum Gasteiger partial charge on any atom is 0.195 e. The molecule has 0 fully saturated rings. The highest BCUT2D eigenvalue weighted by atomic mass is 16.3. The number of fused-ring (bicyclic) bond motifs is 1. The van der Waals surface area contributed by atoms with E-state index < -0.39 is 0 Å². The molecule has 1 aromatic carbocycles. The number of oxazole rings is 1. The maximum absolute atomic E-state index is 5.82. The van der Waals surface area contributed by atoms with E-state index in [1.807, 2.05) is 12.1 Å². The molecule has 0 amide bonds. The number of benzene rings is 1. The average molecular weight is 246 g/mol. The van der Waals surface area contributed by atoms with Crippen molar-refractivity contribution in [3.63, 3.8) is 0 Å². The van der Waals surface area contributed by atoms with Crippen molar-refractivity contribution >= 4 is 11.1 Å². The molecule has 0 saturated carbocycles. The highest BCUT2D eigenvalue weighted by molar-refractivity contribution is 5.73. The van der Waals surface area contributed by atoms with Crippen molar-refractivity contribution in [2.24, 2.45) is 17.6 Å². The Labute approximate surface area is 108 Å². The van der Waals surface area contributed by atoms with E-state index in [1.54, 1.807) is 0 Å². The minimum absolute atomic E-state index is 0.458. The summed E-state index contributed by atoms with van der Waals surface area (Å²) in [5, 5.41) is 0. The summed E-state index contributed by atoms with van der Waals surface area (Å²) in [5.74, 6) is 1.93. The van der Waals surface area contributed by atoms with Gasteiger partial charge in [0.2, 0.25) is 0 Å². The first-order chi connectivity index (χ1) is 8.58. The Bertz CT molecular complexity index is 516. The number of nitrogens with two attached hydrogens (primary N) is 1. The summed E-state index contributed by atoms with van der Waals surface area (Å²) in [7, 11) is 0. The molecule has 2 N–H and O–H groups in total. The number of hydrogen-bond donors (Lipinski definition) is 1. The number of rotatable bonds is 5. The molecule has 0 aliphatic rings. The van der Waals surface area contributed by atoms with E-state index in [2.05, 4.69) is 31.8 Å². The van der Waals surface area contributed by atoms with Gasteiger partial charge >= 0.3 is 0 Å². The molecule has 0 saturated heterocycles. The molecule has 0 aliphatic carbocycles. The van der Waals surface area contributed by atoms with Crippen LogP contribution >= 0.6 is 0 Å².